The van der Waals surface area contributed by atoms with Gasteiger partial charge in [-0.3, -0.25) is 0 Å². The highest BCUT2D eigenvalue weighted by atomic mass is 35.5. The molecule has 1 aromatic rings. The summed E-state index contributed by atoms with van der Waals surface area (Å²) in [4.78, 5) is -0.0594. The number of hydrogen-bond acceptors (Lipinski definition) is 3. The first kappa shape index (κ1) is 17.2. The average molecular weight is 335 g/mol. The lowest BCUT2D eigenvalue weighted by atomic mass is 10.2. The van der Waals surface area contributed by atoms with E-state index in [-0.39, 0.29) is 34.6 Å². The van der Waals surface area contributed by atoms with Crippen molar-refractivity contribution in [2.75, 3.05) is 13.1 Å². The van der Waals surface area contributed by atoms with Crippen molar-refractivity contribution >= 4 is 33.2 Å². The minimum absolute atomic E-state index is 0.0594. The van der Waals surface area contributed by atoms with Gasteiger partial charge in [-0.1, -0.05) is 35.4 Å². The molecule has 2 N–H and O–H groups in total. The van der Waals surface area contributed by atoms with E-state index < -0.39 is 10.0 Å². The topological polar surface area (TPSA) is 63.4 Å². The molecule has 0 fully saturated rings. The van der Waals surface area contributed by atoms with E-state index in [0.717, 1.165) is 0 Å². The molecular weight excluding hydrogens is 319 g/mol. The van der Waals surface area contributed by atoms with Crippen molar-refractivity contribution in [2.45, 2.75) is 11.4 Å². The summed E-state index contributed by atoms with van der Waals surface area (Å²) in [5.41, 5.74) is 6.02. The average Bonchev–Trinajstić information content (AvgIpc) is 2.40. The Bertz CT molecular complexity index is 605. The van der Waals surface area contributed by atoms with Crippen molar-refractivity contribution in [2.24, 2.45) is 5.73 Å². The van der Waals surface area contributed by atoms with Crippen molar-refractivity contribution in [1.29, 1.82) is 0 Å². The third-order valence-corrected chi connectivity index (χ3v) is 5.21. The first-order chi connectivity index (χ1) is 9.38. The molecule has 0 heterocycles. The van der Waals surface area contributed by atoms with Crippen LogP contribution >= 0.6 is 23.2 Å². The van der Waals surface area contributed by atoms with E-state index in [1.54, 1.807) is 6.07 Å². The maximum atomic E-state index is 12.6. The van der Waals surface area contributed by atoms with E-state index >= 15 is 0 Å². The van der Waals surface area contributed by atoms with Gasteiger partial charge in [-0.25, -0.2) is 8.42 Å². The fourth-order valence-electron chi connectivity index (χ4n) is 1.65. The summed E-state index contributed by atoms with van der Waals surface area (Å²) < 4.78 is 26.4. The Balaban J connectivity index is 3.43. The molecule has 0 aliphatic heterocycles. The third kappa shape index (κ3) is 3.62. The number of halogens is 2. The van der Waals surface area contributed by atoms with Gasteiger partial charge < -0.3 is 5.73 Å². The van der Waals surface area contributed by atoms with E-state index in [1.165, 1.54) is 22.5 Å². The number of nitrogens with zero attached hydrogens (tertiary/aromatic N) is 1. The molecule has 0 atom stereocenters. The second-order valence-corrected chi connectivity index (χ2v) is 6.70. The molecule has 0 radical (unpaired) electrons. The van der Waals surface area contributed by atoms with Crippen molar-refractivity contribution in [3.8, 4) is 0 Å². The lowest BCUT2D eigenvalue weighted by molar-refractivity contribution is 0.474. The van der Waals surface area contributed by atoms with Crippen molar-refractivity contribution in [3.63, 3.8) is 0 Å². The Morgan fingerprint density at radius 1 is 1.20 bits per heavy atom. The Morgan fingerprint density at radius 2 is 1.75 bits per heavy atom. The molecule has 0 aromatic heterocycles. The standard InChI is InChI=1S/C13H16Cl2N2O2S/c1-3-5-17(6-4-2)20(18,19)12-8-11(14)7-10(9-16)13(12)15/h3-4,7-8H,1-2,5-6,9,16H2. The van der Waals surface area contributed by atoms with E-state index in [1.807, 2.05) is 0 Å². The summed E-state index contributed by atoms with van der Waals surface area (Å²) in [6, 6.07) is 2.87. The zero-order valence-electron chi connectivity index (χ0n) is 10.9. The quantitative estimate of drug-likeness (QED) is 0.780. The van der Waals surface area contributed by atoms with Crippen LogP contribution in [0.2, 0.25) is 10.0 Å². The predicted molar refractivity (Wildman–Crippen MR) is 83.5 cm³/mol. The normalized spacial score (nSPS) is 11.6. The molecule has 0 bridgehead atoms. The minimum atomic E-state index is -3.79. The second-order valence-electron chi connectivity index (χ2n) is 3.98. The number of rotatable bonds is 7. The van der Waals surface area contributed by atoms with Gasteiger partial charge in [-0.15, -0.1) is 13.2 Å². The lowest BCUT2D eigenvalue weighted by Crippen LogP contribution is -2.31. The van der Waals surface area contributed by atoms with Crippen LogP contribution in [0.15, 0.2) is 42.3 Å². The maximum Gasteiger partial charge on any atom is 0.245 e. The fourth-order valence-corrected chi connectivity index (χ4v) is 3.95. The molecule has 1 rings (SSSR count). The summed E-state index contributed by atoms with van der Waals surface area (Å²) in [6.07, 6.45) is 2.98. The summed E-state index contributed by atoms with van der Waals surface area (Å²) in [5, 5.41) is 0.362. The summed E-state index contributed by atoms with van der Waals surface area (Å²) in [7, 11) is -3.79. The largest absolute Gasteiger partial charge is 0.326 e. The molecule has 0 unspecified atom stereocenters. The highest BCUT2D eigenvalue weighted by molar-refractivity contribution is 7.89. The van der Waals surface area contributed by atoms with Crippen LogP contribution in [0.1, 0.15) is 5.56 Å². The number of sulfonamides is 1. The van der Waals surface area contributed by atoms with E-state index in [9.17, 15) is 8.42 Å². The zero-order valence-corrected chi connectivity index (χ0v) is 13.2. The van der Waals surface area contributed by atoms with Crippen molar-refractivity contribution < 1.29 is 8.42 Å². The second kappa shape index (κ2) is 7.24. The maximum absolute atomic E-state index is 12.6. The fraction of sp³-hybridized carbons (Fsp3) is 0.231. The Morgan fingerprint density at radius 3 is 2.20 bits per heavy atom. The molecule has 0 saturated heterocycles. The molecule has 0 spiro atoms. The molecule has 4 nitrogen and oxygen atoms in total. The van der Waals surface area contributed by atoms with Crippen LogP contribution in [0.3, 0.4) is 0 Å². The molecule has 20 heavy (non-hydrogen) atoms. The van der Waals surface area contributed by atoms with Crippen LogP contribution in [0.5, 0.6) is 0 Å². The van der Waals surface area contributed by atoms with Crippen LogP contribution in [0, 0.1) is 0 Å². The predicted octanol–water partition coefficient (Wildman–Crippen LogP) is 2.81. The first-order valence-corrected chi connectivity index (χ1v) is 7.98. The Labute approximate surface area is 129 Å². The van der Waals surface area contributed by atoms with Gasteiger partial charge in [-0.2, -0.15) is 4.31 Å². The van der Waals surface area contributed by atoms with Gasteiger partial charge in [0.1, 0.15) is 4.90 Å². The number of hydrogen-bond donors (Lipinski definition) is 1. The molecule has 0 saturated carbocycles. The van der Waals surface area contributed by atoms with Crippen molar-refractivity contribution in [1.82, 2.24) is 4.31 Å². The minimum Gasteiger partial charge on any atom is -0.326 e. The van der Waals surface area contributed by atoms with Crippen LogP contribution < -0.4 is 5.73 Å². The Kier molecular flexibility index (Phi) is 6.23. The first-order valence-electron chi connectivity index (χ1n) is 5.78. The van der Waals surface area contributed by atoms with Gasteiger partial charge >= 0.3 is 0 Å². The summed E-state index contributed by atoms with van der Waals surface area (Å²) in [6.45, 7) is 7.49. The van der Waals surface area contributed by atoms with Crippen LogP contribution in [0.25, 0.3) is 0 Å². The zero-order chi connectivity index (χ0) is 15.3. The molecule has 0 aliphatic carbocycles. The summed E-state index contributed by atoms with van der Waals surface area (Å²) in [5.74, 6) is 0. The summed E-state index contributed by atoms with van der Waals surface area (Å²) >= 11 is 12.0. The molecule has 1 aromatic carbocycles. The van der Waals surface area contributed by atoms with Crippen LogP contribution in [0.4, 0.5) is 0 Å². The monoisotopic (exact) mass is 334 g/mol. The van der Waals surface area contributed by atoms with Gasteiger partial charge in [-0.05, 0) is 17.7 Å². The lowest BCUT2D eigenvalue weighted by Gasteiger charge is -2.20. The molecule has 0 amide bonds. The number of nitrogens with two attached hydrogens (primary N) is 1. The van der Waals surface area contributed by atoms with Gasteiger partial charge in [0, 0.05) is 24.7 Å². The molecule has 0 aliphatic rings. The van der Waals surface area contributed by atoms with Gasteiger partial charge in [0.05, 0.1) is 5.02 Å². The van der Waals surface area contributed by atoms with E-state index in [0.29, 0.717) is 5.56 Å². The van der Waals surface area contributed by atoms with Crippen LogP contribution in [-0.2, 0) is 16.6 Å². The van der Waals surface area contributed by atoms with E-state index in [4.69, 9.17) is 28.9 Å². The van der Waals surface area contributed by atoms with Crippen molar-refractivity contribution in [3.05, 3.63) is 53.1 Å². The van der Waals surface area contributed by atoms with E-state index in [2.05, 4.69) is 13.2 Å². The highest BCUT2D eigenvalue weighted by Crippen LogP contribution is 2.31. The van der Waals surface area contributed by atoms with Crippen LogP contribution in [-0.4, -0.2) is 25.8 Å². The smallest absolute Gasteiger partial charge is 0.245 e. The highest BCUT2D eigenvalue weighted by Gasteiger charge is 2.26. The molecular formula is C13H16Cl2N2O2S. The molecule has 110 valence electrons. The van der Waals surface area contributed by atoms with Gasteiger partial charge in [0.15, 0.2) is 0 Å². The number of benzene rings is 1. The molecule has 7 heteroatoms. The van der Waals surface area contributed by atoms with Gasteiger partial charge in [0.25, 0.3) is 0 Å². The SMILES string of the molecule is C=CCN(CC=C)S(=O)(=O)c1cc(Cl)cc(CN)c1Cl. The third-order valence-electron chi connectivity index (χ3n) is 2.58. The van der Waals surface area contributed by atoms with Gasteiger partial charge in [0.2, 0.25) is 10.0 Å². The Hall–Kier alpha value is -0.850.